The molecule has 0 saturated carbocycles. The molecule has 7 heteroatoms. The lowest BCUT2D eigenvalue weighted by molar-refractivity contribution is 0.0743. The fraction of sp³-hybridized carbons (Fsp3) is 0.350. The highest BCUT2D eigenvalue weighted by Gasteiger charge is 2.18. The van der Waals surface area contributed by atoms with E-state index in [-0.39, 0.29) is 17.3 Å². The zero-order valence-corrected chi connectivity index (χ0v) is 16.5. The first-order valence-electron chi connectivity index (χ1n) is 8.89. The van der Waals surface area contributed by atoms with Crippen LogP contribution in [-0.2, 0) is 21.3 Å². The molecule has 146 valence electrons. The van der Waals surface area contributed by atoms with Gasteiger partial charge in [-0.3, -0.25) is 4.79 Å². The molecule has 0 aliphatic heterocycles. The van der Waals surface area contributed by atoms with Crippen LogP contribution in [-0.4, -0.2) is 46.0 Å². The molecule has 0 heterocycles. The minimum Gasteiger partial charge on any atom is -0.383 e. The average molecular weight is 391 g/mol. The molecule has 2 aromatic rings. The fourth-order valence-electron chi connectivity index (χ4n) is 2.65. The number of sulfonamides is 1. The van der Waals surface area contributed by atoms with Gasteiger partial charge in [0, 0.05) is 32.3 Å². The first-order valence-corrected chi connectivity index (χ1v) is 10.4. The van der Waals surface area contributed by atoms with Crippen LogP contribution in [0.4, 0.5) is 0 Å². The molecule has 2 rings (SSSR count). The predicted molar refractivity (Wildman–Crippen MR) is 105 cm³/mol. The second-order valence-corrected chi connectivity index (χ2v) is 7.89. The van der Waals surface area contributed by atoms with Crippen LogP contribution >= 0.6 is 0 Å². The van der Waals surface area contributed by atoms with E-state index in [0.717, 1.165) is 12.0 Å². The Morgan fingerprint density at radius 3 is 2.33 bits per heavy atom. The first kappa shape index (κ1) is 21.1. The Hall–Kier alpha value is -2.22. The molecule has 0 bridgehead atoms. The van der Waals surface area contributed by atoms with Crippen LogP contribution in [0, 0.1) is 0 Å². The molecule has 0 aromatic heterocycles. The molecule has 0 aliphatic rings. The number of hydrogen-bond donors (Lipinski definition) is 1. The van der Waals surface area contributed by atoms with Crippen LogP contribution in [0.3, 0.4) is 0 Å². The standard InChI is InChI=1S/C20H26N2O4S/c1-3-14-22(16-17-7-5-4-6-8-17)20(23)18-9-11-19(12-10-18)27(24,25)21-13-15-26-2/h4-12,21H,3,13-16H2,1-2H3. The summed E-state index contributed by atoms with van der Waals surface area (Å²) in [6.45, 7) is 3.66. The van der Waals surface area contributed by atoms with E-state index >= 15 is 0 Å². The summed E-state index contributed by atoms with van der Waals surface area (Å²) in [6.07, 6.45) is 0.842. The van der Waals surface area contributed by atoms with Crippen LogP contribution < -0.4 is 4.72 Å². The van der Waals surface area contributed by atoms with E-state index in [9.17, 15) is 13.2 Å². The second kappa shape index (κ2) is 10.2. The van der Waals surface area contributed by atoms with Gasteiger partial charge < -0.3 is 9.64 Å². The second-order valence-electron chi connectivity index (χ2n) is 6.13. The number of carbonyl (C=O) groups is 1. The first-order chi connectivity index (χ1) is 13.0. The smallest absolute Gasteiger partial charge is 0.254 e. The van der Waals surface area contributed by atoms with Gasteiger partial charge >= 0.3 is 0 Å². The SMILES string of the molecule is CCCN(Cc1ccccc1)C(=O)c1ccc(S(=O)(=O)NCCOC)cc1. The number of nitrogens with one attached hydrogen (secondary N) is 1. The molecular weight excluding hydrogens is 364 g/mol. The van der Waals surface area contributed by atoms with Crippen molar-refractivity contribution in [1.82, 2.24) is 9.62 Å². The lowest BCUT2D eigenvalue weighted by Crippen LogP contribution is -2.31. The summed E-state index contributed by atoms with van der Waals surface area (Å²) in [5.74, 6) is -0.114. The van der Waals surface area contributed by atoms with E-state index < -0.39 is 10.0 Å². The molecular formula is C20H26N2O4S. The van der Waals surface area contributed by atoms with Gasteiger partial charge in [-0.25, -0.2) is 13.1 Å². The Morgan fingerprint density at radius 1 is 1.07 bits per heavy atom. The molecule has 27 heavy (non-hydrogen) atoms. The van der Waals surface area contributed by atoms with E-state index in [4.69, 9.17) is 4.74 Å². The Bertz CT molecular complexity index is 821. The minimum absolute atomic E-state index is 0.114. The average Bonchev–Trinajstić information content (AvgIpc) is 2.68. The van der Waals surface area contributed by atoms with Gasteiger partial charge in [-0.1, -0.05) is 37.3 Å². The molecule has 1 N–H and O–H groups in total. The number of rotatable bonds is 10. The zero-order chi connectivity index (χ0) is 19.7. The van der Waals surface area contributed by atoms with Crippen LogP contribution in [0.15, 0.2) is 59.5 Å². The van der Waals surface area contributed by atoms with Crippen molar-refractivity contribution in [2.24, 2.45) is 0 Å². The lowest BCUT2D eigenvalue weighted by atomic mass is 10.1. The van der Waals surface area contributed by atoms with Gasteiger partial charge in [-0.2, -0.15) is 0 Å². The summed E-state index contributed by atoms with van der Waals surface area (Å²) in [7, 11) is -2.10. The van der Waals surface area contributed by atoms with Gasteiger partial charge in [0.2, 0.25) is 10.0 Å². The zero-order valence-electron chi connectivity index (χ0n) is 15.7. The minimum atomic E-state index is -3.61. The summed E-state index contributed by atoms with van der Waals surface area (Å²) in [6, 6.07) is 15.8. The third-order valence-corrected chi connectivity index (χ3v) is 5.48. The van der Waals surface area contributed by atoms with E-state index in [1.54, 1.807) is 17.0 Å². The predicted octanol–water partition coefficient (Wildman–Crippen LogP) is 2.66. The third kappa shape index (κ3) is 6.16. The van der Waals surface area contributed by atoms with Crippen LogP contribution in [0.2, 0.25) is 0 Å². The van der Waals surface area contributed by atoms with Crippen molar-refractivity contribution < 1.29 is 17.9 Å². The fourth-order valence-corrected chi connectivity index (χ4v) is 3.66. The highest BCUT2D eigenvalue weighted by atomic mass is 32.2. The van der Waals surface area contributed by atoms with Crippen molar-refractivity contribution in [1.29, 1.82) is 0 Å². The van der Waals surface area contributed by atoms with Crippen molar-refractivity contribution in [3.05, 3.63) is 65.7 Å². The van der Waals surface area contributed by atoms with Gasteiger partial charge in [0.05, 0.1) is 11.5 Å². The number of ether oxygens (including phenoxy) is 1. The summed E-state index contributed by atoms with van der Waals surface area (Å²) < 4.78 is 31.7. The maximum Gasteiger partial charge on any atom is 0.254 e. The molecule has 0 aliphatic carbocycles. The Morgan fingerprint density at radius 2 is 1.74 bits per heavy atom. The maximum absolute atomic E-state index is 12.9. The van der Waals surface area contributed by atoms with Gasteiger partial charge in [-0.05, 0) is 36.2 Å². The van der Waals surface area contributed by atoms with Crippen molar-refractivity contribution >= 4 is 15.9 Å². The summed E-state index contributed by atoms with van der Waals surface area (Å²) in [5.41, 5.74) is 1.52. The van der Waals surface area contributed by atoms with Crippen molar-refractivity contribution in [2.75, 3.05) is 26.8 Å². The highest BCUT2D eigenvalue weighted by Crippen LogP contribution is 2.14. The molecule has 1 amide bonds. The topological polar surface area (TPSA) is 75.7 Å². The van der Waals surface area contributed by atoms with E-state index in [2.05, 4.69) is 4.72 Å². The molecule has 0 radical (unpaired) electrons. The number of carbonyl (C=O) groups excluding carboxylic acids is 1. The highest BCUT2D eigenvalue weighted by molar-refractivity contribution is 7.89. The Balaban J connectivity index is 2.12. The molecule has 0 spiro atoms. The monoisotopic (exact) mass is 390 g/mol. The summed E-state index contributed by atoms with van der Waals surface area (Å²) in [5, 5.41) is 0. The van der Waals surface area contributed by atoms with Crippen molar-refractivity contribution in [3.63, 3.8) is 0 Å². The quantitative estimate of drug-likeness (QED) is 0.633. The molecule has 0 unspecified atom stereocenters. The maximum atomic E-state index is 12.9. The van der Waals surface area contributed by atoms with E-state index in [1.165, 1.54) is 19.2 Å². The Labute approximate surface area is 161 Å². The number of hydrogen-bond acceptors (Lipinski definition) is 4. The third-order valence-electron chi connectivity index (χ3n) is 4.01. The number of nitrogens with zero attached hydrogens (tertiary/aromatic N) is 1. The van der Waals surface area contributed by atoms with E-state index in [1.807, 2.05) is 37.3 Å². The van der Waals surface area contributed by atoms with Gasteiger partial charge in [0.25, 0.3) is 5.91 Å². The van der Waals surface area contributed by atoms with Crippen LogP contribution in [0.1, 0.15) is 29.3 Å². The number of benzene rings is 2. The Kier molecular flexibility index (Phi) is 7.97. The van der Waals surface area contributed by atoms with Crippen LogP contribution in [0.5, 0.6) is 0 Å². The van der Waals surface area contributed by atoms with Crippen molar-refractivity contribution in [3.8, 4) is 0 Å². The summed E-state index contributed by atoms with van der Waals surface area (Å²) in [4.78, 5) is 14.8. The largest absolute Gasteiger partial charge is 0.383 e. The number of amides is 1. The lowest BCUT2D eigenvalue weighted by Gasteiger charge is -2.22. The number of methoxy groups -OCH3 is 1. The van der Waals surface area contributed by atoms with E-state index in [0.29, 0.717) is 25.3 Å². The molecule has 0 saturated heterocycles. The molecule has 6 nitrogen and oxygen atoms in total. The van der Waals surface area contributed by atoms with Crippen molar-refractivity contribution in [2.45, 2.75) is 24.8 Å². The molecule has 2 aromatic carbocycles. The van der Waals surface area contributed by atoms with Gasteiger partial charge in [0.15, 0.2) is 0 Å². The molecule has 0 atom stereocenters. The normalized spacial score (nSPS) is 11.3. The van der Waals surface area contributed by atoms with Crippen LogP contribution in [0.25, 0.3) is 0 Å². The van der Waals surface area contributed by atoms with Gasteiger partial charge in [-0.15, -0.1) is 0 Å². The summed E-state index contributed by atoms with van der Waals surface area (Å²) >= 11 is 0. The molecule has 0 fully saturated rings. The van der Waals surface area contributed by atoms with Gasteiger partial charge in [0.1, 0.15) is 0 Å².